The zero-order valence-electron chi connectivity index (χ0n) is 7.93. The van der Waals surface area contributed by atoms with Gasteiger partial charge in [0.2, 0.25) is 0 Å². The molecule has 1 aromatic carbocycles. The minimum absolute atomic E-state index is 0.245. The Bertz CT molecular complexity index is 401. The van der Waals surface area contributed by atoms with Crippen molar-refractivity contribution in [3.63, 3.8) is 0 Å². The Balaban J connectivity index is 2.46. The lowest BCUT2D eigenvalue weighted by molar-refractivity contribution is -0.139. The fourth-order valence-corrected chi connectivity index (χ4v) is 1.30. The summed E-state index contributed by atoms with van der Waals surface area (Å²) < 4.78 is 17.8. The number of esters is 1. The maximum atomic E-state index is 12.8. The van der Waals surface area contributed by atoms with Gasteiger partial charge in [0.25, 0.3) is 0 Å². The average molecular weight is 195 g/mol. The quantitative estimate of drug-likeness (QED) is 0.507. The van der Waals surface area contributed by atoms with Gasteiger partial charge in [0.15, 0.2) is 5.75 Å². The van der Waals surface area contributed by atoms with Crippen LogP contribution in [0.25, 0.3) is 0 Å². The Morgan fingerprint density at radius 2 is 2.14 bits per heavy atom. The number of rotatable bonds is 0. The van der Waals surface area contributed by atoms with Crippen molar-refractivity contribution in [2.24, 2.45) is 0 Å². The predicted molar refractivity (Wildman–Crippen MR) is 49.7 cm³/mol. The molecule has 1 aliphatic rings. The van der Waals surface area contributed by atoms with Crippen molar-refractivity contribution in [2.45, 2.75) is 19.4 Å². The Morgan fingerprint density at radius 3 is 2.86 bits per heavy atom. The second-order valence-electron chi connectivity index (χ2n) is 3.78. The summed E-state index contributed by atoms with van der Waals surface area (Å²) in [5.41, 5.74) is -0.124. The molecule has 74 valence electrons. The highest BCUT2D eigenvalue weighted by molar-refractivity contribution is 5.90. The molecule has 0 fully saturated rings. The molecule has 0 saturated heterocycles. The van der Waals surface area contributed by atoms with E-state index in [0.29, 0.717) is 5.69 Å². The van der Waals surface area contributed by atoms with Crippen LogP contribution in [-0.2, 0) is 4.79 Å². The lowest BCUT2D eigenvalue weighted by Crippen LogP contribution is -2.46. The van der Waals surface area contributed by atoms with Gasteiger partial charge in [0.05, 0.1) is 5.69 Å². The monoisotopic (exact) mass is 195 g/mol. The lowest BCUT2D eigenvalue weighted by atomic mass is 10.0. The molecule has 0 aromatic heterocycles. The zero-order chi connectivity index (χ0) is 10.3. The summed E-state index contributed by atoms with van der Waals surface area (Å²) in [7, 11) is 0. The Labute approximate surface area is 80.9 Å². The normalized spacial score (nSPS) is 18.1. The van der Waals surface area contributed by atoms with E-state index < -0.39 is 17.3 Å². The first-order valence-corrected chi connectivity index (χ1v) is 4.29. The van der Waals surface area contributed by atoms with Crippen molar-refractivity contribution in [3.05, 3.63) is 24.0 Å². The zero-order valence-corrected chi connectivity index (χ0v) is 7.93. The van der Waals surface area contributed by atoms with E-state index in [1.165, 1.54) is 12.1 Å². The van der Waals surface area contributed by atoms with Gasteiger partial charge in [-0.15, -0.1) is 0 Å². The molecule has 14 heavy (non-hydrogen) atoms. The first kappa shape index (κ1) is 8.99. The molecule has 2 rings (SSSR count). The molecule has 0 radical (unpaired) electrons. The fraction of sp³-hybridized carbons (Fsp3) is 0.300. The van der Waals surface area contributed by atoms with Gasteiger partial charge < -0.3 is 10.1 Å². The van der Waals surface area contributed by atoms with Crippen LogP contribution >= 0.6 is 0 Å². The maximum Gasteiger partial charge on any atom is 0.336 e. The Hall–Kier alpha value is -1.58. The average Bonchev–Trinajstić information content (AvgIpc) is 2.08. The van der Waals surface area contributed by atoms with Gasteiger partial charge in [-0.3, -0.25) is 0 Å². The van der Waals surface area contributed by atoms with E-state index in [1.54, 1.807) is 19.9 Å². The van der Waals surface area contributed by atoms with Crippen LogP contribution in [-0.4, -0.2) is 11.5 Å². The largest absolute Gasteiger partial charge is 0.422 e. The van der Waals surface area contributed by atoms with Gasteiger partial charge in [-0.25, -0.2) is 9.18 Å². The van der Waals surface area contributed by atoms with Gasteiger partial charge >= 0.3 is 5.97 Å². The van der Waals surface area contributed by atoms with Gasteiger partial charge in [0, 0.05) is 6.07 Å². The molecule has 0 saturated carbocycles. The Morgan fingerprint density at radius 1 is 1.43 bits per heavy atom. The summed E-state index contributed by atoms with van der Waals surface area (Å²) in [6.45, 7) is 3.42. The van der Waals surface area contributed by atoms with Crippen molar-refractivity contribution in [1.29, 1.82) is 0 Å². The highest BCUT2D eigenvalue weighted by Gasteiger charge is 2.35. The van der Waals surface area contributed by atoms with E-state index in [4.69, 9.17) is 4.74 Å². The number of hydrogen-bond donors (Lipinski definition) is 1. The molecule has 4 heteroatoms. The number of ether oxygens (including phenoxy) is 1. The molecule has 1 aromatic rings. The summed E-state index contributed by atoms with van der Waals surface area (Å²) in [5, 5.41) is 2.97. The smallest absolute Gasteiger partial charge is 0.336 e. The highest BCUT2D eigenvalue weighted by atomic mass is 19.1. The van der Waals surface area contributed by atoms with E-state index in [2.05, 4.69) is 5.32 Å². The Kier molecular flexibility index (Phi) is 1.74. The van der Waals surface area contributed by atoms with Crippen LogP contribution in [0, 0.1) is 5.82 Å². The molecule has 1 N–H and O–H groups in total. The van der Waals surface area contributed by atoms with Crippen LogP contribution in [0.5, 0.6) is 5.75 Å². The second-order valence-corrected chi connectivity index (χ2v) is 3.78. The van der Waals surface area contributed by atoms with Crippen LogP contribution < -0.4 is 10.1 Å². The lowest BCUT2D eigenvalue weighted by Gasteiger charge is -2.31. The number of anilines is 1. The first-order valence-electron chi connectivity index (χ1n) is 4.29. The van der Waals surface area contributed by atoms with Crippen molar-refractivity contribution in [2.75, 3.05) is 5.32 Å². The van der Waals surface area contributed by atoms with Crippen molar-refractivity contribution >= 4 is 11.7 Å². The summed E-state index contributed by atoms with van der Waals surface area (Å²) in [5.74, 6) is -0.581. The van der Waals surface area contributed by atoms with Crippen LogP contribution in [0.2, 0.25) is 0 Å². The summed E-state index contributed by atoms with van der Waals surface area (Å²) in [6, 6.07) is 4.06. The molecule has 0 aliphatic carbocycles. The molecule has 1 aliphatic heterocycles. The third-order valence-corrected chi connectivity index (χ3v) is 2.10. The van der Waals surface area contributed by atoms with Crippen LogP contribution in [0.3, 0.4) is 0 Å². The van der Waals surface area contributed by atoms with Crippen LogP contribution in [0.4, 0.5) is 10.1 Å². The number of hydrogen-bond acceptors (Lipinski definition) is 3. The maximum absolute atomic E-state index is 12.8. The summed E-state index contributed by atoms with van der Waals surface area (Å²) >= 11 is 0. The number of carbonyl (C=O) groups is 1. The molecule has 0 atom stereocenters. The van der Waals surface area contributed by atoms with Crippen molar-refractivity contribution in [1.82, 2.24) is 0 Å². The van der Waals surface area contributed by atoms with E-state index in [-0.39, 0.29) is 5.75 Å². The fourth-order valence-electron chi connectivity index (χ4n) is 1.30. The molecular weight excluding hydrogens is 185 g/mol. The van der Waals surface area contributed by atoms with Gasteiger partial charge in [-0.05, 0) is 26.0 Å². The molecular formula is C10H10FNO2. The van der Waals surface area contributed by atoms with Gasteiger partial charge in [0.1, 0.15) is 11.4 Å². The predicted octanol–water partition coefficient (Wildman–Crippen LogP) is 1.94. The van der Waals surface area contributed by atoms with Crippen molar-refractivity contribution < 1.29 is 13.9 Å². The minimum atomic E-state index is -0.759. The minimum Gasteiger partial charge on any atom is -0.422 e. The number of halogens is 1. The first-order chi connectivity index (χ1) is 6.49. The summed E-state index contributed by atoms with van der Waals surface area (Å²) in [6.07, 6.45) is 0. The molecule has 0 unspecified atom stereocenters. The number of nitrogens with one attached hydrogen (secondary N) is 1. The van der Waals surface area contributed by atoms with Crippen molar-refractivity contribution in [3.8, 4) is 5.75 Å². The van der Waals surface area contributed by atoms with E-state index in [9.17, 15) is 9.18 Å². The molecule has 3 nitrogen and oxygen atoms in total. The highest BCUT2D eigenvalue weighted by Crippen LogP contribution is 2.33. The topological polar surface area (TPSA) is 38.3 Å². The molecule has 1 heterocycles. The molecule has 0 bridgehead atoms. The third-order valence-electron chi connectivity index (χ3n) is 2.10. The summed E-state index contributed by atoms with van der Waals surface area (Å²) in [4.78, 5) is 11.4. The SMILES string of the molecule is CC1(C)Nc2ccc(F)cc2OC1=O. The van der Waals surface area contributed by atoms with E-state index in [1.807, 2.05) is 0 Å². The van der Waals surface area contributed by atoms with E-state index in [0.717, 1.165) is 0 Å². The molecule has 0 amide bonds. The van der Waals surface area contributed by atoms with Gasteiger partial charge in [-0.2, -0.15) is 0 Å². The van der Waals surface area contributed by atoms with E-state index >= 15 is 0 Å². The van der Waals surface area contributed by atoms with Gasteiger partial charge in [-0.1, -0.05) is 0 Å². The number of benzene rings is 1. The number of fused-ring (bicyclic) bond motifs is 1. The molecule has 0 spiro atoms. The van der Waals surface area contributed by atoms with Crippen LogP contribution in [0.15, 0.2) is 18.2 Å². The third kappa shape index (κ3) is 1.32. The standard InChI is InChI=1S/C10H10FNO2/c1-10(2)9(13)14-8-5-6(11)3-4-7(8)12-10/h3-5,12H,1-2H3. The number of carbonyl (C=O) groups excluding carboxylic acids is 1. The second kappa shape index (κ2) is 2.70. The van der Waals surface area contributed by atoms with Crippen LogP contribution in [0.1, 0.15) is 13.8 Å².